The van der Waals surface area contributed by atoms with Crippen LogP contribution in [0.3, 0.4) is 0 Å². The number of nitrogens with zero attached hydrogens (tertiary/aromatic N) is 1. The van der Waals surface area contributed by atoms with Gasteiger partial charge in [0, 0.05) is 13.0 Å². The molecular weight excluding hydrogens is 352 g/mol. The van der Waals surface area contributed by atoms with E-state index in [2.05, 4.69) is 15.3 Å². The van der Waals surface area contributed by atoms with Crippen molar-refractivity contribution in [2.45, 2.75) is 6.42 Å². The van der Waals surface area contributed by atoms with Gasteiger partial charge in [-0.05, 0) is 24.3 Å². The topological polar surface area (TPSA) is 67.0 Å². The lowest BCUT2D eigenvalue weighted by Gasteiger charge is -2.08. The largest absolute Gasteiger partial charge is 0.482 e. The summed E-state index contributed by atoms with van der Waals surface area (Å²) in [6.07, 6.45) is 0.341. The van der Waals surface area contributed by atoms with Crippen LogP contribution in [-0.2, 0) is 11.2 Å². The first kappa shape index (κ1) is 17.2. The zero-order valence-corrected chi connectivity index (χ0v) is 13.7. The van der Waals surface area contributed by atoms with Crippen molar-refractivity contribution in [3.8, 4) is 5.75 Å². The summed E-state index contributed by atoms with van der Waals surface area (Å²) in [6.45, 7) is 0.0956. The Morgan fingerprint density at radius 2 is 2.04 bits per heavy atom. The van der Waals surface area contributed by atoms with Crippen LogP contribution in [0.5, 0.6) is 5.75 Å². The number of hydrogen-bond acceptors (Lipinski definition) is 3. The van der Waals surface area contributed by atoms with E-state index in [9.17, 15) is 13.6 Å². The van der Waals surface area contributed by atoms with E-state index in [1.54, 1.807) is 24.3 Å². The number of fused-ring (bicyclic) bond motifs is 1. The number of carbonyl (C=O) groups excluding carboxylic acids is 1. The minimum atomic E-state index is -0.989. The summed E-state index contributed by atoms with van der Waals surface area (Å²) in [5.41, 5.74) is 0.352. The summed E-state index contributed by atoms with van der Waals surface area (Å²) in [7, 11) is 0. The van der Waals surface area contributed by atoms with Crippen molar-refractivity contribution in [1.29, 1.82) is 0 Å². The smallest absolute Gasteiger partial charge is 0.257 e. The summed E-state index contributed by atoms with van der Waals surface area (Å²) in [6, 6.07) is 9.30. The number of hydrogen-bond donors (Lipinski definition) is 2. The SMILES string of the molecule is O=C(COc1ccccc1Cl)NCCc1nc2c(F)c(F)ccc2[nH]1. The number of aromatic nitrogens is 2. The van der Waals surface area contributed by atoms with E-state index < -0.39 is 11.6 Å². The number of carbonyl (C=O) groups is 1. The molecule has 3 rings (SSSR count). The number of aromatic amines is 1. The molecule has 3 aromatic rings. The molecule has 1 aromatic heterocycles. The van der Waals surface area contributed by atoms with Crippen molar-refractivity contribution in [2.75, 3.05) is 13.2 Å². The molecule has 8 heteroatoms. The van der Waals surface area contributed by atoms with Gasteiger partial charge in [0.25, 0.3) is 5.91 Å². The first-order chi connectivity index (χ1) is 12.0. The lowest BCUT2D eigenvalue weighted by atomic mass is 10.3. The van der Waals surface area contributed by atoms with Crippen LogP contribution in [0.1, 0.15) is 5.82 Å². The molecule has 0 spiro atoms. The second-order valence-corrected chi connectivity index (χ2v) is 5.67. The molecule has 0 aliphatic carbocycles. The summed E-state index contributed by atoms with van der Waals surface area (Å²) in [4.78, 5) is 18.7. The van der Waals surface area contributed by atoms with Crippen molar-refractivity contribution >= 4 is 28.5 Å². The third kappa shape index (κ3) is 4.06. The minimum Gasteiger partial charge on any atom is -0.482 e. The highest BCUT2D eigenvalue weighted by atomic mass is 35.5. The molecule has 0 fully saturated rings. The molecule has 130 valence electrons. The van der Waals surface area contributed by atoms with Crippen LogP contribution in [-0.4, -0.2) is 29.0 Å². The number of H-pyrrole nitrogens is 1. The highest BCUT2D eigenvalue weighted by Crippen LogP contribution is 2.22. The van der Waals surface area contributed by atoms with Crippen LogP contribution in [0.15, 0.2) is 36.4 Å². The number of para-hydroxylation sites is 1. The van der Waals surface area contributed by atoms with Gasteiger partial charge in [0.1, 0.15) is 17.1 Å². The molecule has 25 heavy (non-hydrogen) atoms. The Balaban J connectivity index is 1.50. The Bertz CT molecular complexity index is 914. The molecule has 5 nitrogen and oxygen atoms in total. The molecule has 2 aromatic carbocycles. The number of nitrogens with one attached hydrogen (secondary N) is 2. The van der Waals surface area contributed by atoms with Gasteiger partial charge >= 0.3 is 0 Å². The van der Waals surface area contributed by atoms with Gasteiger partial charge < -0.3 is 15.0 Å². The fraction of sp³-hybridized carbons (Fsp3) is 0.176. The van der Waals surface area contributed by atoms with Crippen LogP contribution < -0.4 is 10.1 Å². The van der Waals surface area contributed by atoms with E-state index in [1.165, 1.54) is 6.07 Å². The van der Waals surface area contributed by atoms with E-state index >= 15 is 0 Å². The predicted octanol–water partition coefficient (Wildman–Crippen LogP) is 3.23. The molecule has 1 amide bonds. The monoisotopic (exact) mass is 365 g/mol. The summed E-state index contributed by atoms with van der Waals surface area (Å²) in [5, 5.41) is 3.08. The maximum absolute atomic E-state index is 13.6. The summed E-state index contributed by atoms with van der Waals surface area (Å²) < 4.78 is 32.1. The van der Waals surface area contributed by atoms with Crippen molar-refractivity contribution in [3.05, 3.63) is 58.9 Å². The van der Waals surface area contributed by atoms with E-state index in [0.29, 0.717) is 28.5 Å². The average Bonchev–Trinajstić information content (AvgIpc) is 3.01. The predicted molar refractivity (Wildman–Crippen MR) is 89.7 cm³/mol. The normalized spacial score (nSPS) is 10.8. The standard InChI is InChI=1S/C17H14ClF2N3O2/c18-10-3-1-2-4-13(10)25-9-15(24)21-8-7-14-22-12-6-5-11(19)16(20)17(12)23-14/h1-6H,7-9H2,(H,21,24)(H,22,23). The van der Waals surface area contributed by atoms with E-state index in [4.69, 9.17) is 16.3 Å². The molecule has 0 atom stereocenters. The Hall–Kier alpha value is -2.67. The molecule has 0 bridgehead atoms. The van der Waals surface area contributed by atoms with Gasteiger partial charge in [0.05, 0.1) is 10.5 Å². The first-order valence-corrected chi connectivity index (χ1v) is 7.89. The van der Waals surface area contributed by atoms with Gasteiger partial charge in [-0.3, -0.25) is 4.79 Å². The van der Waals surface area contributed by atoms with Crippen LogP contribution in [0.25, 0.3) is 11.0 Å². The third-order valence-electron chi connectivity index (χ3n) is 3.47. The number of rotatable bonds is 6. The van der Waals surface area contributed by atoms with Crippen molar-refractivity contribution in [1.82, 2.24) is 15.3 Å². The molecule has 0 radical (unpaired) electrons. The van der Waals surface area contributed by atoms with Crippen LogP contribution in [0, 0.1) is 11.6 Å². The lowest BCUT2D eigenvalue weighted by Crippen LogP contribution is -2.30. The lowest BCUT2D eigenvalue weighted by molar-refractivity contribution is -0.123. The second-order valence-electron chi connectivity index (χ2n) is 5.26. The first-order valence-electron chi connectivity index (χ1n) is 7.51. The summed E-state index contributed by atoms with van der Waals surface area (Å²) in [5.74, 6) is -1.39. The number of ether oxygens (including phenoxy) is 1. The molecule has 0 saturated carbocycles. The molecule has 2 N–H and O–H groups in total. The average molecular weight is 366 g/mol. The van der Waals surface area contributed by atoms with Crippen molar-refractivity contribution < 1.29 is 18.3 Å². The Labute approximate surface area is 147 Å². The number of imidazole rings is 1. The highest BCUT2D eigenvalue weighted by molar-refractivity contribution is 6.32. The zero-order valence-electron chi connectivity index (χ0n) is 13.0. The Morgan fingerprint density at radius 3 is 2.84 bits per heavy atom. The Morgan fingerprint density at radius 1 is 1.24 bits per heavy atom. The van der Waals surface area contributed by atoms with E-state index in [0.717, 1.165) is 6.07 Å². The zero-order chi connectivity index (χ0) is 17.8. The number of amides is 1. The van der Waals surface area contributed by atoms with Gasteiger partial charge in [0.2, 0.25) is 0 Å². The molecule has 0 unspecified atom stereocenters. The summed E-state index contributed by atoms with van der Waals surface area (Å²) >= 11 is 5.93. The highest BCUT2D eigenvalue weighted by Gasteiger charge is 2.12. The maximum atomic E-state index is 13.6. The van der Waals surface area contributed by atoms with E-state index in [-0.39, 0.29) is 24.6 Å². The number of benzene rings is 2. The van der Waals surface area contributed by atoms with Crippen LogP contribution in [0.2, 0.25) is 5.02 Å². The van der Waals surface area contributed by atoms with Crippen LogP contribution >= 0.6 is 11.6 Å². The fourth-order valence-electron chi connectivity index (χ4n) is 2.26. The molecule has 0 aliphatic heterocycles. The quantitative estimate of drug-likeness (QED) is 0.704. The second kappa shape index (κ2) is 7.48. The third-order valence-corrected chi connectivity index (χ3v) is 3.79. The van der Waals surface area contributed by atoms with Gasteiger partial charge in [0.15, 0.2) is 18.2 Å². The number of halogens is 3. The van der Waals surface area contributed by atoms with Crippen LogP contribution in [0.4, 0.5) is 8.78 Å². The van der Waals surface area contributed by atoms with E-state index in [1.807, 2.05) is 0 Å². The minimum absolute atomic E-state index is 0.0524. The van der Waals surface area contributed by atoms with Gasteiger partial charge in [-0.25, -0.2) is 13.8 Å². The van der Waals surface area contributed by atoms with Gasteiger partial charge in [-0.1, -0.05) is 23.7 Å². The molecular formula is C17H14ClF2N3O2. The fourth-order valence-corrected chi connectivity index (χ4v) is 2.45. The van der Waals surface area contributed by atoms with Gasteiger partial charge in [-0.2, -0.15) is 0 Å². The maximum Gasteiger partial charge on any atom is 0.257 e. The Kier molecular flexibility index (Phi) is 5.14. The molecule has 1 heterocycles. The molecule has 0 saturated heterocycles. The van der Waals surface area contributed by atoms with Gasteiger partial charge in [-0.15, -0.1) is 0 Å². The molecule has 0 aliphatic rings. The van der Waals surface area contributed by atoms with Crippen molar-refractivity contribution in [2.24, 2.45) is 0 Å². The van der Waals surface area contributed by atoms with Crippen molar-refractivity contribution in [3.63, 3.8) is 0 Å².